The Morgan fingerprint density at radius 2 is 1.77 bits per heavy atom. The number of amides is 1. The van der Waals surface area contributed by atoms with E-state index in [-0.39, 0.29) is 11.7 Å². The summed E-state index contributed by atoms with van der Waals surface area (Å²) in [5, 5.41) is 12.6. The van der Waals surface area contributed by atoms with Crippen molar-refractivity contribution >= 4 is 23.6 Å². The summed E-state index contributed by atoms with van der Waals surface area (Å²) in [4.78, 5) is 14.7. The van der Waals surface area contributed by atoms with Crippen LogP contribution < -0.4 is 15.0 Å². The molecule has 2 heterocycles. The van der Waals surface area contributed by atoms with E-state index in [2.05, 4.69) is 56.2 Å². The Labute approximate surface area is 186 Å². The van der Waals surface area contributed by atoms with Gasteiger partial charge in [-0.3, -0.25) is 9.36 Å². The zero-order chi connectivity index (χ0) is 21.6. The number of methoxy groups -OCH3 is 1. The van der Waals surface area contributed by atoms with E-state index in [0.717, 1.165) is 54.0 Å². The van der Waals surface area contributed by atoms with Crippen molar-refractivity contribution in [2.24, 2.45) is 0 Å². The Bertz CT molecular complexity index is 1010. The monoisotopic (exact) mass is 437 g/mol. The summed E-state index contributed by atoms with van der Waals surface area (Å²) < 4.78 is 7.23. The molecule has 1 fully saturated rings. The van der Waals surface area contributed by atoms with Gasteiger partial charge in [0.05, 0.1) is 18.6 Å². The molecule has 3 aromatic rings. The first-order valence-corrected chi connectivity index (χ1v) is 11.4. The molecule has 0 atom stereocenters. The number of carbonyl (C=O) groups is 1. The van der Waals surface area contributed by atoms with E-state index in [1.54, 1.807) is 7.11 Å². The van der Waals surface area contributed by atoms with Crippen molar-refractivity contribution in [3.05, 3.63) is 59.7 Å². The van der Waals surface area contributed by atoms with Crippen LogP contribution in [0.25, 0.3) is 5.69 Å². The summed E-state index contributed by atoms with van der Waals surface area (Å²) in [6.45, 7) is 4.52. The van der Waals surface area contributed by atoms with Gasteiger partial charge in [0.2, 0.25) is 11.9 Å². The first kappa shape index (κ1) is 21.2. The van der Waals surface area contributed by atoms with Gasteiger partial charge in [-0.1, -0.05) is 41.6 Å². The van der Waals surface area contributed by atoms with Gasteiger partial charge in [0.25, 0.3) is 0 Å². The fourth-order valence-electron chi connectivity index (χ4n) is 3.52. The van der Waals surface area contributed by atoms with Crippen LogP contribution in [0.2, 0.25) is 0 Å². The lowest BCUT2D eigenvalue weighted by Gasteiger charge is -2.18. The molecule has 1 amide bonds. The molecule has 162 valence electrons. The van der Waals surface area contributed by atoms with E-state index >= 15 is 0 Å². The second-order valence-corrected chi connectivity index (χ2v) is 8.50. The molecule has 1 aromatic heterocycles. The molecule has 1 N–H and O–H groups in total. The number of nitrogens with zero attached hydrogens (tertiary/aromatic N) is 4. The third kappa shape index (κ3) is 5.19. The number of hydrogen-bond acceptors (Lipinski definition) is 6. The van der Waals surface area contributed by atoms with Crippen LogP contribution in [0.3, 0.4) is 0 Å². The number of thioether (sulfide) groups is 1. The maximum absolute atomic E-state index is 12.4. The number of aromatic nitrogens is 3. The predicted molar refractivity (Wildman–Crippen MR) is 123 cm³/mol. The van der Waals surface area contributed by atoms with Crippen LogP contribution in [-0.2, 0) is 11.3 Å². The highest BCUT2D eigenvalue weighted by atomic mass is 32.2. The summed E-state index contributed by atoms with van der Waals surface area (Å²) in [6, 6.07) is 16.0. The van der Waals surface area contributed by atoms with E-state index in [9.17, 15) is 4.79 Å². The Morgan fingerprint density at radius 3 is 2.45 bits per heavy atom. The molecule has 8 heteroatoms. The quantitative estimate of drug-likeness (QED) is 0.543. The Balaban J connectivity index is 1.43. The second kappa shape index (κ2) is 9.87. The average molecular weight is 438 g/mol. The highest BCUT2D eigenvalue weighted by Crippen LogP contribution is 2.28. The minimum atomic E-state index is -0.0398. The lowest BCUT2D eigenvalue weighted by molar-refractivity contribution is -0.118. The zero-order valence-electron chi connectivity index (χ0n) is 17.9. The van der Waals surface area contributed by atoms with E-state index in [4.69, 9.17) is 4.74 Å². The Morgan fingerprint density at radius 1 is 1.06 bits per heavy atom. The summed E-state index contributed by atoms with van der Waals surface area (Å²) in [5.41, 5.74) is 3.24. The first-order valence-electron chi connectivity index (χ1n) is 10.4. The summed E-state index contributed by atoms with van der Waals surface area (Å²) in [6.07, 6.45) is 2.33. The normalized spacial score (nSPS) is 13.4. The van der Waals surface area contributed by atoms with E-state index in [1.807, 2.05) is 24.3 Å². The van der Waals surface area contributed by atoms with Gasteiger partial charge >= 0.3 is 0 Å². The molecule has 0 saturated carbocycles. The third-order valence-corrected chi connectivity index (χ3v) is 6.21. The molecule has 0 radical (unpaired) electrons. The van der Waals surface area contributed by atoms with Gasteiger partial charge in [0, 0.05) is 19.6 Å². The molecule has 0 bridgehead atoms. The second-order valence-electron chi connectivity index (χ2n) is 7.56. The minimum Gasteiger partial charge on any atom is -0.497 e. The van der Waals surface area contributed by atoms with Crippen molar-refractivity contribution in [2.75, 3.05) is 30.9 Å². The van der Waals surface area contributed by atoms with Gasteiger partial charge in [0.15, 0.2) is 5.16 Å². The standard InChI is InChI=1S/C23H27N5O2S/c1-17-5-9-19(10-6-17)28-22(27-13-3-4-14-27)25-26-23(28)31-16-21(29)24-15-18-7-11-20(30-2)12-8-18/h5-12H,3-4,13-16H2,1-2H3,(H,24,29). The Hall–Kier alpha value is -3.00. The van der Waals surface area contributed by atoms with Gasteiger partial charge < -0.3 is 15.0 Å². The molecule has 4 rings (SSSR count). The molecule has 0 spiro atoms. The fourth-order valence-corrected chi connectivity index (χ4v) is 4.30. The Kier molecular flexibility index (Phi) is 6.76. The number of anilines is 1. The number of nitrogens with one attached hydrogen (secondary N) is 1. The predicted octanol–water partition coefficient (Wildman–Crippen LogP) is 3.59. The van der Waals surface area contributed by atoms with Gasteiger partial charge in [0.1, 0.15) is 5.75 Å². The van der Waals surface area contributed by atoms with Crippen molar-refractivity contribution < 1.29 is 9.53 Å². The van der Waals surface area contributed by atoms with Crippen molar-refractivity contribution in [2.45, 2.75) is 31.5 Å². The smallest absolute Gasteiger partial charge is 0.232 e. The van der Waals surface area contributed by atoms with E-state index < -0.39 is 0 Å². The maximum Gasteiger partial charge on any atom is 0.232 e. The molecule has 1 aliphatic heterocycles. The van der Waals surface area contributed by atoms with Crippen LogP contribution in [0.4, 0.5) is 5.95 Å². The van der Waals surface area contributed by atoms with Crippen LogP contribution in [0.5, 0.6) is 5.75 Å². The number of carbonyl (C=O) groups excluding carboxylic acids is 1. The molecule has 7 nitrogen and oxygen atoms in total. The van der Waals surface area contributed by atoms with Gasteiger partial charge in [-0.25, -0.2) is 0 Å². The number of rotatable bonds is 8. The number of hydrogen-bond donors (Lipinski definition) is 1. The molecular formula is C23H27N5O2S. The molecular weight excluding hydrogens is 410 g/mol. The van der Waals surface area contributed by atoms with Gasteiger partial charge in [-0.15, -0.1) is 10.2 Å². The lowest BCUT2D eigenvalue weighted by atomic mass is 10.2. The average Bonchev–Trinajstić information content (AvgIpc) is 3.47. The highest BCUT2D eigenvalue weighted by molar-refractivity contribution is 7.99. The lowest BCUT2D eigenvalue weighted by Crippen LogP contribution is -2.25. The van der Waals surface area contributed by atoms with E-state index in [1.165, 1.54) is 17.3 Å². The van der Waals surface area contributed by atoms with Crippen LogP contribution in [0, 0.1) is 6.92 Å². The number of benzene rings is 2. The van der Waals surface area contributed by atoms with Crippen molar-refractivity contribution in [1.29, 1.82) is 0 Å². The van der Waals surface area contributed by atoms with Crippen molar-refractivity contribution in [3.8, 4) is 11.4 Å². The molecule has 1 saturated heterocycles. The molecule has 0 aliphatic carbocycles. The van der Waals surface area contributed by atoms with Gasteiger partial charge in [-0.2, -0.15) is 0 Å². The topological polar surface area (TPSA) is 72.3 Å². The van der Waals surface area contributed by atoms with Crippen molar-refractivity contribution in [1.82, 2.24) is 20.1 Å². The minimum absolute atomic E-state index is 0.0398. The summed E-state index contributed by atoms with van der Waals surface area (Å²) in [5.74, 6) is 1.89. The van der Waals surface area contributed by atoms with Crippen LogP contribution >= 0.6 is 11.8 Å². The van der Waals surface area contributed by atoms with Crippen LogP contribution in [0.15, 0.2) is 53.7 Å². The largest absolute Gasteiger partial charge is 0.497 e. The zero-order valence-corrected chi connectivity index (χ0v) is 18.7. The third-order valence-electron chi connectivity index (χ3n) is 5.28. The summed E-state index contributed by atoms with van der Waals surface area (Å²) >= 11 is 1.41. The molecule has 0 unspecified atom stereocenters. The molecule has 2 aromatic carbocycles. The maximum atomic E-state index is 12.4. The molecule has 31 heavy (non-hydrogen) atoms. The van der Waals surface area contributed by atoms with Crippen LogP contribution in [0.1, 0.15) is 24.0 Å². The van der Waals surface area contributed by atoms with Crippen molar-refractivity contribution in [3.63, 3.8) is 0 Å². The highest BCUT2D eigenvalue weighted by Gasteiger charge is 2.22. The SMILES string of the molecule is COc1ccc(CNC(=O)CSc2nnc(N3CCCC3)n2-c2ccc(C)cc2)cc1. The fraction of sp³-hybridized carbons (Fsp3) is 0.348. The van der Waals surface area contributed by atoms with E-state index in [0.29, 0.717) is 6.54 Å². The number of ether oxygens (including phenoxy) is 1. The first-order chi connectivity index (χ1) is 15.1. The van der Waals surface area contributed by atoms with Crippen LogP contribution in [-0.4, -0.2) is 46.6 Å². The number of aryl methyl sites for hydroxylation is 1. The molecule has 1 aliphatic rings. The van der Waals surface area contributed by atoms with Gasteiger partial charge in [-0.05, 0) is 49.6 Å². The summed E-state index contributed by atoms with van der Waals surface area (Å²) in [7, 11) is 1.64.